The first-order valence-corrected chi connectivity index (χ1v) is 8.26. The third kappa shape index (κ3) is 4.42. The second-order valence-corrected chi connectivity index (χ2v) is 6.58. The van der Waals surface area contributed by atoms with Gasteiger partial charge in [0.05, 0.1) is 4.90 Å². The largest absolute Gasteiger partial charge is 0.480 e. The van der Waals surface area contributed by atoms with E-state index in [1.165, 1.54) is 24.3 Å². The number of rotatable bonds is 6. The molecule has 1 atom stereocenters. The van der Waals surface area contributed by atoms with E-state index in [2.05, 4.69) is 10.6 Å². The first-order chi connectivity index (χ1) is 10.9. The van der Waals surface area contributed by atoms with Gasteiger partial charge in [0, 0.05) is 5.56 Å². The Morgan fingerprint density at radius 2 is 1.74 bits per heavy atom. The summed E-state index contributed by atoms with van der Waals surface area (Å²) in [5.74, 6) is 1.15. The predicted molar refractivity (Wildman–Crippen MR) is 86.3 cm³/mol. The fourth-order valence-corrected chi connectivity index (χ4v) is 3.20. The van der Waals surface area contributed by atoms with Crippen LogP contribution in [-0.2, 0) is 21.2 Å². The zero-order valence-electron chi connectivity index (χ0n) is 12.1. The number of carboxylic acid groups (broad SMARTS) is 1. The summed E-state index contributed by atoms with van der Waals surface area (Å²) in [6, 6.07) is 13.2. The highest BCUT2D eigenvalue weighted by molar-refractivity contribution is 7.89. The van der Waals surface area contributed by atoms with Crippen molar-refractivity contribution in [1.82, 2.24) is 4.72 Å². The molecule has 0 fully saturated rings. The van der Waals surface area contributed by atoms with Crippen LogP contribution in [-0.4, -0.2) is 25.5 Å². The minimum atomic E-state index is -3.95. The molecule has 0 aliphatic rings. The summed E-state index contributed by atoms with van der Waals surface area (Å²) in [6.07, 6.45) is 5.28. The van der Waals surface area contributed by atoms with Gasteiger partial charge >= 0.3 is 5.97 Å². The molecule has 0 radical (unpaired) electrons. The molecule has 0 heterocycles. The number of nitrogens with one attached hydrogen (secondary N) is 1. The summed E-state index contributed by atoms with van der Waals surface area (Å²) < 4.78 is 26.8. The number of carboxylic acids is 1. The fourth-order valence-electron chi connectivity index (χ4n) is 2.01. The molecule has 2 aromatic carbocycles. The van der Waals surface area contributed by atoms with E-state index in [1.54, 1.807) is 30.3 Å². The number of terminal acetylenes is 1. The standard InChI is InChI=1S/C17H15NO4S/c1-2-13-8-10-15(11-9-13)23(21,22)18-16(17(19)20)12-14-6-4-3-5-7-14/h1,3-11,16,18H,12H2,(H,19,20)/t16-/m0/s1. The molecular weight excluding hydrogens is 314 g/mol. The Hall–Kier alpha value is -2.62. The van der Waals surface area contributed by atoms with Gasteiger partial charge in [-0.25, -0.2) is 8.42 Å². The molecule has 23 heavy (non-hydrogen) atoms. The van der Waals surface area contributed by atoms with E-state index in [-0.39, 0.29) is 11.3 Å². The predicted octanol–water partition coefficient (Wildman–Crippen LogP) is 1.64. The van der Waals surface area contributed by atoms with Crippen molar-refractivity contribution in [3.05, 3.63) is 65.7 Å². The Balaban J connectivity index is 2.21. The van der Waals surface area contributed by atoms with Crippen molar-refractivity contribution in [3.63, 3.8) is 0 Å². The lowest BCUT2D eigenvalue weighted by atomic mass is 10.1. The first kappa shape index (κ1) is 16.7. The highest BCUT2D eigenvalue weighted by Gasteiger charge is 2.25. The third-order valence-electron chi connectivity index (χ3n) is 3.21. The van der Waals surface area contributed by atoms with Gasteiger partial charge in [0.1, 0.15) is 6.04 Å². The number of aliphatic carboxylic acids is 1. The normalized spacial score (nSPS) is 12.3. The van der Waals surface area contributed by atoms with Gasteiger partial charge in [-0.15, -0.1) is 6.42 Å². The molecule has 0 spiro atoms. The van der Waals surface area contributed by atoms with E-state index in [0.29, 0.717) is 5.56 Å². The molecule has 5 nitrogen and oxygen atoms in total. The van der Waals surface area contributed by atoms with Crippen molar-refractivity contribution in [2.75, 3.05) is 0 Å². The number of hydrogen-bond acceptors (Lipinski definition) is 3. The maximum Gasteiger partial charge on any atom is 0.322 e. The van der Waals surface area contributed by atoms with E-state index >= 15 is 0 Å². The average Bonchev–Trinajstić information content (AvgIpc) is 2.55. The van der Waals surface area contributed by atoms with Crippen LogP contribution in [0.1, 0.15) is 11.1 Å². The lowest BCUT2D eigenvalue weighted by molar-refractivity contribution is -0.138. The maximum atomic E-state index is 12.3. The third-order valence-corrected chi connectivity index (χ3v) is 4.70. The zero-order chi connectivity index (χ0) is 16.9. The van der Waals surface area contributed by atoms with Crippen molar-refractivity contribution >= 4 is 16.0 Å². The van der Waals surface area contributed by atoms with Crippen LogP contribution in [0.5, 0.6) is 0 Å². The fraction of sp³-hybridized carbons (Fsp3) is 0.118. The number of benzene rings is 2. The second-order valence-electron chi connectivity index (χ2n) is 4.87. The quantitative estimate of drug-likeness (QED) is 0.789. The molecule has 0 aromatic heterocycles. The van der Waals surface area contributed by atoms with Gasteiger partial charge in [0.25, 0.3) is 0 Å². The van der Waals surface area contributed by atoms with Crippen LogP contribution < -0.4 is 4.72 Å². The molecule has 0 amide bonds. The van der Waals surface area contributed by atoms with E-state index in [9.17, 15) is 18.3 Å². The van der Waals surface area contributed by atoms with E-state index in [0.717, 1.165) is 5.56 Å². The van der Waals surface area contributed by atoms with Gasteiger partial charge in [-0.2, -0.15) is 4.72 Å². The van der Waals surface area contributed by atoms with Crippen LogP contribution in [0.2, 0.25) is 0 Å². The highest BCUT2D eigenvalue weighted by Crippen LogP contribution is 2.12. The number of carbonyl (C=O) groups is 1. The molecule has 118 valence electrons. The van der Waals surface area contributed by atoms with Crippen LogP contribution in [0.3, 0.4) is 0 Å². The van der Waals surface area contributed by atoms with Crippen LogP contribution in [0, 0.1) is 12.3 Å². The Labute approximate surface area is 135 Å². The molecule has 0 aliphatic heterocycles. The Morgan fingerprint density at radius 1 is 1.13 bits per heavy atom. The minimum absolute atomic E-state index is 0.0317. The van der Waals surface area contributed by atoms with Gasteiger partial charge in [-0.1, -0.05) is 36.3 Å². The van der Waals surface area contributed by atoms with Crippen molar-refractivity contribution in [2.45, 2.75) is 17.4 Å². The molecule has 2 aromatic rings. The van der Waals surface area contributed by atoms with E-state index in [1.807, 2.05) is 0 Å². The summed E-state index contributed by atoms with van der Waals surface area (Å²) in [6.45, 7) is 0. The summed E-state index contributed by atoms with van der Waals surface area (Å²) in [4.78, 5) is 11.3. The molecule has 2 rings (SSSR count). The molecule has 0 saturated heterocycles. The smallest absolute Gasteiger partial charge is 0.322 e. The van der Waals surface area contributed by atoms with Crippen LogP contribution in [0.25, 0.3) is 0 Å². The monoisotopic (exact) mass is 329 g/mol. The Kier molecular flexibility index (Phi) is 5.16. The van der Waals surface area contributed by atoms with Gasteiger partial charge < -0.3 is 5.11 Å². The Morgan fingerprint density at radius 3 is 2.26 bits per heavy atom. The number of hydrogen-bond donors (Lipinski definition) is 2. The van der Waals surface area contributed by atoms with Gasteiger partial charge in [-0.3, -0.25) is 4.79 Å². The van der Waals surface area contributed by atoms with Crippen LogP contribution >= 0.6 is 0 Å². The average molecular weight is 329 g/mol. The molecule has 0 bridgehead atoms. The van der Waals surface area contributed by atoms with Crippen molar-refractivity contribution in [2.24, 2.45) is 0 Å². The van der Waals surface area contributed by atoms with Gasteiger partial charge in [0.15, 0.2) is 0 Å². The molecule has 2 N–H and O–H groups in total. The lowest BCUT2D eigenvalue weighted by Gasteiger charge is -2.15. The highest BCUT2D eigenvalue weighted by atomic mass is 32.2. The zero-order valence-corrected chi connectivity index (χ0v) is 13.0. The molecule has 0 aliphatic carbocycles. The molecule has 0 saturated carbocycles. The first-order valence-electron chi connectivity index (χ1n) is 6.78. The molecular formula is C17H15NO4S. The number of sulfonamides is 1. The minimum Gasteiger partial charge on any atom is -0.480 e. The van der Waals surface area contributed by atoms with Crippen LogP contribution in [0.15, 0.2) is 59.5 Å². The van der Waals surface area contributed by atoms with Crippen molar-refractivity contribution in [1.29, 1.82) is 0 Å². The van der Waals surface area contributed by atoms with Gasteiger partial charge in [-0.05, 0) is 36.2 Å². The summed E-state index contributed by atoms with van der Waals surface area (Å²) in [7, 11) is -3.95. The van der Waals surface area contributed by atoms with Gasteiger partial charge in [0.2, 0.25) is 10.0 Å². The SMILES string of the molecule is C#Cc1ccc(S(=O)(=O)N[C@@H](Cc2ccccc2)C(=O)O)cc1. The lowest BCUT2D eigenvalue weighted by Crippen LogP contribution is -2.42. The maximum absolute atomic E-state index is 12.3. The topological polar surface area (TPSA) is 83.5 Å². The van der Waals surface area contributed by atoms with E-state index in [4.69, 9.17) is 6.42 Å². The summed E-state index contributed by atoms with van der Waals surface area (Å²) >= 11 is 0. The second kappa shape index (κ2) is 7.09. The Bertz CT molecular complexity index is 821. The van der Waals surface area contributed by atoms with Crippen molar-refractivity contribution in [3.8, 4) is 12.3 Å². The van der Waals surface area contributed by atoms with Crippen molar-refractivity contribution < 1.29 is 18.3 Å². The molecule has 0 unspecified atom stereocenters. The summed E-state index contributed by atoms with van der Waals surface area (Å²) in [5, 5.41) is 9.27. The molecule has 6 heteroatoms. The van der Waals surface area contributed by atoms with Crippen LogP contribution in [0.4, 0.5) is 0 Å². The summed E-state index contributed by atoms with van der Waals surface area (Å²) in [5.41, 5.74) is 1.27. The van der Waals surface area contributed by atoms with E-state index < -0.39 is 22.0 Å².